The largest absolute Gasteiger partial charge is 0.388 e. The van der Waals surface area contributed by atoms with Gasteiger partial charge in [0.25, 0.3) is 0 Å². The molecular formula is C20H32N2O2. The standard InChI is InChI=1S/C20H32N2O2/c1-3-9-20(10-4-2,18-14-24-18)11-8-15-6-5-7-16(12-15)17(23)13-19(21)22/h5-7,12,17-18,23H,3-4,8-11,13-14H2,1-2H3,(H3,21,22). The molecule has 0 spiro atoms. The lowest BCUT2D eigenvalue weighted by Gasteiger charge is -2.32. The molecule has 0 aliphatic carbocycles. The van der Waals surface area contributed by atoms with Gasteiger partial charge < -0.3 is 15.6 Å². The van der Waals surface area contributed by atoms with Crippen molar-refractivity contribution >= 4 is 5.84 Å². The number of hydrogen-bond donors (Lipinski definition) is 3. The molecule has 1 aliphatic rings. The van der Waals surface area contributed by atoms with Crippen LogP contribution in [0.3, 0.4) is 0 Å². The number of rotatable bonds is 11. The van der Waals surface area contributed by atoms with E-state index in [2.05, 4.69) is 26.0 Å². The summed E-state index contributed by atoms with van der Waals surface area (Å²) in [4.78, 5) is 0. The van der Waals surface area contributed by atoms with Crippen LogP contribution in [-0.2, 0) is 11.2 Å². The maximum atomic E-state index is 10.2. The van der Waals surface area contributed by atoms with E-state index < -0.39 is 6.10 Å². The number of nitrogens with one attached hydrogen (secondary N) is 1. The highest BCUT2D eigenvalue weighted by molar-refractivity contribution is 5.77. The monoisotopic (exact) mass is 332 g/mol. The van der Waals surface area contributed by atoms with Crippen LogP contribution in [0, 0.1) is 10.8 Å². The van der Waals surface area contributed by atoms with Crippen molar-refractivity contribution in [1.29, 1.82) is 5.41 Å². The second-order valence-corrected chi connectivity index (χ2v) is 7.17. The summed E-state index contributed by atoms with van der Waals surface area (Å²) in [5.41, 5.74) is 7.80. The first-order chi connectivity index (χ1) is 11.5. The summed E-state index contributed by atoms with van der Waals surface area (Å²) in [6, 6.07) is 8.08. The zero-order valence-corrected chi connectivity index (χ0v) is 15.1. The molecule has 134 valence electrons. The topological polar surface area (TPSA) is 82.6 Å². The lowest BCUT2D eigenvalue weighted by Crippen LogP contribution is -2.28. The summed E-state index contributed by atoms with van der Waals surface area (Å²) >= 11 is 0. The molecule has 24 heavy (non-hydrogen) atoms. The zero-order valence-electron chi connectivity index (χ0n) is 15.1. The van der Waals surface area contributed by atoms with Crippen LogP contribution in [-0.4, -0.2) is 23.7 Å². The van der Waals surface area contributed by atoms with Gasteiger partial charge >= 0.3 is 0 Å². The first-order valence-electron chi connectivity index (χ1n) is 9.22. The Morgan fingerprint density at radius 1 is 1.33 bits per heavy atom. The lowest BCUT2D eigenvalue weighted by molar-refractivity contribution is 0.148. The molecule has 4 nitrogen and oxygen atoms in total. The number of aryl methyl sites for hydroxylation is 1. The van der Waals surface area contributed by atoms with Crippen molar-refractivity contribution < 1.29 is 9.84 Å². The summed E-state index contributed by atoms with van der Waals surface area (Å²) in [7, 11) is 0. The molecule has 0 bridgehead atoms. The van der Waals surface area contributed by atoms with Crippen molar-refractivity contribution in [2.75, 3.05) is 6.61 Å². The molecule has 1 aromatic rings. The molecule has 0 amide bonds. The molecule has 1 fully saturated rings. The zero-order chi connectivity index (χ0) is 17.6. The van der Waals surface area contributed by atoms with E-state index in [1.165, 1.54) is 31.2 Å². The van der Waals surface area contributed by atoms with Crippen LogP contribution in [0.25, 0.3) is 0 Å². The fourth-order valence-electron chi connectivity index (χ4n) is 3.93. The predicted octanol–water partition coefficient (Wildman–Crippen LogP) is 3.96. The molecule has 1 saturated heterocycles. The molecule has 0 aromatic heterocycles. The highest BCUT2D eigenvalue weighted by Gasteiger charge is 2.44. The van der Waals surface area contributed by atoms with Gasteiger partial charge in [-0.05, 0) is 42.2 Å². The smallest absolute Gasteiger partial charge is 0.0934 e. The van der Waals surface area contributed by atoms with Crippen LogP contribution in [0.5, 0.6) is 0 Å². The molecule has 0 radical (unpaired) electrons. The summed E-state index contributed by atoms with van der Waals surface area (Å²) in [5, 5.41) is 17.5. The van der Waals surface area contributed by atoms with Crippen molar-refractivity contribution in [1.82, 2.24) is 0 Å². The van der Waals surface area contributed by atoms with E-state index in [0.29, 0.717) is 11.5 Å². The van der Waals surface area contributed by atoms with E-state index in [0.717, 1.165) is 25.0 Å². The summed E-state index contributed by atoms with van der Waals surface area (Å²) < 4.78 is 5.70. The van der Waals surface area contributed by atoms with Crippen LogP contribution in [0.1, 0.15) is 69.6 Å². The number of aliphatic hydroxyl groups is 1. The van der Waals surface area contributed by atoms with Crippen LogP contribution in [0.15, 0.2) is 24.3 Å². The van der Waals surface area contributed by atoms with E-state index in [1.807, 2.05) is 12.1 Å². The molecule has 2 atom stereocenters. The van der Waals surface area contributed by atoms with Crippen molar-refractivity contribution in [3.63, 3.8) is 0 Å². The highest BCUT2D eigenvalue weighted by Crippen LogP contribution is 2.45. The summed E-state index contributed by atoms with van der Waals surface area (Å²) in [6.07, 6.45) is 6.89. The van der Waals surface area contributed by atoms with Crippen molar-refractivity contribution in [3.05, 3.63) is 35.4 Å². The Morgan fingerprint density at radius 2 is 2.00 bits per heavy atom. The van der Waals surface area contributed by atoms with Gasteiger partial charge in [-0.15, -0.1) is 0 Å². The van der Waals surface area contributed by atoms with E-state index in [9.17, 15) is 5.11 Å². The second kappa shape index (κ2) is 8.63. The Balaban J connectivity index is 2.05. The lowest BCUT2D eigenvalue weighted by atomic mass is 9.72. The maximum absolute atomic E-state index is 10.2. The molecule has 4 heteroatoms. The van der Waals surface area contributed by atoms with Crippen LogP contribution >= 0.6 is 0 Å². The molecule has 4 N–H and O–H groups in total. The third kappa shape index (κ3) is 5.05. The molecule has 1 aliphatic heterocycles. The highest BCUT2D eigenvalue weighted by atomic mass is 16.6. The number of ether oxygens (including phenoxy) is 1. The molecule has 2 unspecified atom stereocenters. The minimum Gasteiger partial charge on any atom is -0.388 e. The molecule has 1 heterocycles. The number of aliphatic hydroxyl groups excluding tert-OH is 1. The summed E-state index contributed by atoms with van der Waals surface area (Å²) in [5.74, 6) is 0.0173. The van der Waals surface area contributed by atoms with Crippen LogP contribution < -0.4 is 5.73 Å². The first-order valence-corrected chi connectivity index (χ1v) is 9.22. The number of epoxide rings is 1. The Bertz CT molecular complexity index is 534. The van der Waals surface area contributed by atoms with Crippen LogP contribution in [0.2, 0.25) is 0 Å². The fourth-order valence-corrected chi connectivity index (χ4v) is 3.93. The van der Waals surface area contributed by atoms with E-state index in [1.54, 1.807) is 0 Å². The van der Waals surface area contributed by atoms with E-state index in [4.69, 9.17) is 15.9 Å². The van der Waals surface area contributed by atoms with Gasteiger partial charge in [0.15, 0.2) is 0 Å². The Kier molecular flexibility index (Phi) is 6.81. The maximum Gasteiger partial charge on any atom is 0.0934 e. The summed E-state index contributed by atoms with van der Waals surface area (Å²) in [6.45, 7) is 5.43. The average Bonchev–Trinajstić information content (AvgIpc) is 3.38. The van der Waals surface area contributed by atoms with Gasteiger partial charge in [0.05, 0.1) is 24.7 Å². The third-order valence-electron chi connectivity index (χ3n) is 5.17. The number of hydrogen-bond acceptors (Lipinski definition) is 3. The van der Waals surface area contributed by atoms with Gasteiger partial charge in [-0.2, -0.15) is 0 Å². The normalized spacial score (nSPS) is 18.4. The predicted molar refractivity (Wildman–Crippen MR) is 98.2 cm³/mol. The number of benzene rings is 1. The van der Waals surface area contributed by atoms with Crippen LogP contribution in [0.4, 0.5) is 0 Å². The first kappa shape index (κ1) is 18.9. The van der Waals surface area contributed by atoms with Gasteiger partial charge in [-0.1, -0.05) is 51.0 Å². The van der Waals surface area contributed by atoms with Crippen molar-refractivity contribution in [2.45, 2.75) is 71.0 Å². The van der Waals surface area contributed by atoms with Gasteiger partial charge in [-0.25, -0.2) is 0 Å². The van der Waals surface area contributed by atoms with E-state index in [-0.39, 0.29) is 12.3 Å². The minimum atomic E-state index is -0.690. The van der Waals surface area contributed by atoms with Gasteiger partial charge in [0.2, 0.25) is 0 Å². The van der Waals surface area contributed by atoms with E-state index >= 15 is 0 Å². The molecule has 2 rings (SSSR count). The Hall–Kier alpha value is -1.39. The SMILES string of the molecule is CCCC(CCC)(CCc1cccc(C(O)CC(=N)N)c1)C1CO1. The van der Waals surface area contributed by atoms with Crippen molar-refractivity contribution in [3.8, 4) is 0 Å². The molecule has 1 aromatic carbocycles. The minimum absolute atomic E-state index is 0.0173. The third-order valence-corrected chi connectivity index (χ3v) is 5.17. The number of amidine groups is 1. The van der Waals surface area contributed by atoms with Crippen molar-refractivity contribution in [2.24, 2.45) is 11.1 Å². The van der Waals surface area contributed by atoms with Gasteiger partial charge in [0, 0.05) is 6.42 Å². The molecule has 0 saturated carbocycles. The second-order valence-electron chi connectivity index (χ2n) is 7.17. The Labute approximate surface area is 145 Å². The average molecular weight is 332 g/mol. The molecular weight excluding hydrogens is 300 g/mol. The van der Waals surface area contributed by atoms with Gasteiger partial charge in [-0.3, -0.25) is 5.41 Å². The Morgan fingerprint density at radius 3 is 2.54 bits per heavy atom. The van der Waals surface area contributed by atoms with Gasteiger partial charge in [0.1, 0.15) is 0 Å². The quantitative estimate of drug-likeness (QED) is 0.326. The fraction of sp³-hybridized carbons (Fsp3) is 0.650. The number of nitrogens with two attached hydrogens (primary N) is 1.